The molecular formula is C12H16O3S. The van der Waals surface area contributed by atoms with Crippen molar-refractivity contribution in [1.29, 1.82) is 0 Å². The van der Waals surface area contributed by atoms with Crippen LogP contribution in [0, 0.1) is 6.92 Å². The van der Waals surface area contributed by atoms with Gasteiger partial charge in [-0.2, -0.15) is 0 Å². The molecule has 0 radical (unpaired) electrons. The van der Waals surface area contributed by atoms with Crippen LogP contribution < -0.4 is 0 Å². The number of hydrogen-bond acceptors (Lipinski definition) is 3. The van der Waals surface area contributed by atoms with Gasteiger partial charge in [-0.3, -0.25) is 4.79 Å². The number of aliphatic hydroxyl groups is 1. The topological polar surface area (TPSA) is 57.5 Å². The predicted octanol–water partition coefficient (Wildman–Crippen LogP) is 2.02. The summed E-state index contributed by atoms with van der Waals surface area (Å²) in [5.41, 5.74) is 1.85. The fraction of sp³-hybridized carbons (Fsp3) is 0.417. The van der Waals surface area contributed by atoms with E-state index in [4.69, 9.17) is 5.11 Å². The minimum absolute atomic E-state index is 0.0145. The Kier molecular flexibility index (Phi) is 4.38. The van der Waals surface area contributed by atoms with E-state index in [2.05, 4.69) is 0 Å². The fourth-order valence-electron chi connectivity index (χ4n) is 1.39. The Labute approximate surface area is 99.5 Å². The number of aliphatic hydroxyl groups excluding tert-OH is 1. The molecule has 16 heavy (non-hydrogen) atoms. The number of benzene rings is 1. The summed E-state index contributed by atoms with van der Waals surface area (Å²) in [6.07, 6.45) is 0. The average Bonchev–Trinajstić information content (AvgIpc) is 2.26. The second-order valence-electron chi connectivity index (χ2n) is 3.78. The predicted molar refractivity (Wildman–Crippen MR) is 65.7 cm³/mol. The number of thioether (sulfide) groups is 1. The quantitative estimate of drug-likeness (QED) is 0.826. The fourth-order valence-corrected chi connectivity index (χ4v) is 2.32. The first-order chi connectivity index (χ1) is 7.50. The van der Waals surface area contributed by atoms with Crippen LogP contribution in [0.3, 0.4) is 0 Å². The Bertz CT molecular complexity index is 361. The molecule has 2 N–H and O–H groups in total. The van der Waals surface area contributed by atoms with E-state index >= 15 is 0 Å². The lowest BCUT2D eigenvalue weighted by molar-refractivity contribution is -0.139. The van der Waals surface area contributed by atoms with E-state index in [-0.39, 0.29) is 6.61 Å². The summed E-state index contributed by atoms with van der Waals surface area (Å²) in [7, 11) is 0. The maximum Gasteiger partial charge on any atom is 0.324 e. The third-order valence-electron chi connectivity index (χ3n) is 2.49. The lowest BCUT2D eigenvalue weighted by atomic mass is 9.99. The molecule has 3 nitrogen and oxygen atoms in total. The highest BCUT2D eigenvalue weighted by Gasteiger charge is 2.35. The zero-order chi connectivity index (χ0) is 12.2. The van der Waals surface area contributed by atoms with Gasteiger partial charge in [0.25, 0.3) is 0 Å². The summed E-state index contributed by atoms with van der Waals surface area (Å²) >= 11 is 1.24. The molecule has 0 heterocycles. The first-order valence-electron chi connectivity index (χ1n) is 5.06. The van der Waals surface area contributed by atoms with Crippen molar-refractivity contribution in [2.24, 2.45) is 0 Å². The van der Waals surface area contributed by atoms with Crippen molar-refractivity contribution in [3.63, 3.8) is 0 Å². The molecule has 88 valence electrons. The van der Waals surface area contributed by atoms with Gasteiger partial charge in [0, 0.05) is 5.75 Å². The van der Waals surface area contributed by atoms with E-state index in [1.54, 1.807) is 6.92 Å². The lowest BCUT2D eigenvalue weighted by Gasteiger charge is -2.24. The second-order valence-corrected chi connectivity index (χ2v) is 5.29. The van der Waals surface area contributed by atoms with E-state index in [0.717, 1.165) is 11.1 Å². The Balaban J connectivity index is 3.01. The Morgan fingerprint density at radius 3 is 2.38 bits per heavy atom. The summed E-state index contributed by atoms with van der Waals surface area (Å²) in [6, 6.07) is 7.45. The summed E-state index contributed by atoms with van der Waals surface area (Å²) < 4.78 is -0.990. The molecule has 0 amide bonds. The average molecular weight is 240 g/mol. The van der Waals surface area contributed by atoms with Gasteiger partial charge in [-0.05, 0) is 19.4 Å². The van der Waals surface area contributed by atoms with Gasteiger partial charge in [0.15, 0.2) is 0 Å². The van der Waals surface area contributed by atoms with Gasteiger partial charge in [0.2, 0.25) is 0 Å². The van der Waals surface area contributed by atoms with Crippen LogP contribution >= 0.6 is 11.8 Å². The van der Waals surface area contributed by atoms with Crippen LogP contribution in [0.15, 0.2) is 24.3 Å². The third-order valence-corrected chi connectivity index (χ3v) is 3.87. The molecule has 1 atom stereocenters. The van der Waals surface area contributed by atoms with Crippen LogP contribution in [0.4, 0.5) is 0 Å². The Morgan fingerprint density at radius 1 is 1.38 bits per heavy atom. The van der Waals surface area contributed by atoms with Crippen molar-refractivity contribution in [1.82, 2.24) is 0 Å². The zero-order valence-corrected chi connectivity index (χ0v) is 10.3. The van der Waals surface area contributed by atoms with Gasteiger partial charge >= 0.3 is 5.97 Å². The van der Waals surface area contributed by atoms with Crippen LogP contribution in [0.25, 0.3) is 0 Å². The molecule has 1 aromatic carbocycles. The molecule has 0 saturated carbocycles. The SMILES string of the molecule is Cc1ccc(C(C)(SCCO)C(=O)O)cc1. The lowest BCUT2D eigenvalue weighted by Crippen LogP contribution is -2.29. The highest BCUT2D eigenvalue weighted by molar-refractivity contribution is 8.00. The van der Waals surface area contributed by atoms with Crippen molar-refractivity contribution in [3.8, 4) is 0 Å². The van der Waals surface area contributed by atoms with E-state index < -0.39 is 10.7 Å². The molecule has 4 heteroatoms. The number of aliphatic carboxylic acids is 1. The monoisotopic (exact) mass is 240 g/mol. The van der Waals surface area contributed by atoms with E-state index in [9.17, 15) is 9.90 Å². The number of carboxylic acid groups (broad SMARTS) is 1. The summed E-state index contributed by atoms with van der Waals surface area (Å²) in [5.74, 6) is -0.466. The molecule has 0 aromatic heterocycles. The largest absolute Gasteiger partial charge is 0.480 e. The number of rotatable bonds is 5. The molecule has 0 bridgehead atoms. The van der Waals surface area contributed by atoms with Crippen LogP contribution in [0.2, 0.25) is 0 Å². The van der Waals surface area contributed by atoms with Gasteiger partial charge in [-0.15, -0.1) is 11.8 Å². The number of aryl methyl sites for hydroxylation is 1. The second kappa shape index (κ2) is 5.37. The molecule has 1 rings (SSSR count). The van der Waals surface area contributed by atoms with E-state index in [1.807, 2.05) is 31.2 Å². The van der Waals surface area contributed by atoms with Crippen LogP contribution in [0.1, 0.15) is 18.1 Å². The van der Waals surface area contributed by atoms with Crippen molar-refractivity contribution in [2.75, 3.05) is 12.4 Å². The number of carbonyl (C=O) groups is 1. The number of hydrogen-bond donors (Lipinski definition) is 2. The highest BCUT2D eigenvalue weighted by atomic mass is 32.2. The maximum atomic E-state index is 11.3. The minimum atomic E-state index is -0.990. The smallest absolute Gasteiger partial charge is 0.324 e. The van der Waals surface area contributed by atoms with Crippen molar-refractivity contribution >= 4 is 17.7 Å². The van der Waals surface area contributed by atoms with Gasteiger partial charge in [0.1, 0.15) is 4.75 Å². The van der Waals surface area contributed by atoms with Gasteiger partial charge < -0.3 is 10.2 Å². The van der Waals surface area contributed by atoms with E-state index in [1.165, 1.54) is 11.8 Å². The maximum absolute atomic E-state index is 11.3. The Morgan fingerprint density at radius 2 is 1.94 bits per heavy atom. The van der Waals surface area contributed by atoms with Crippen LogP contribution in [0.5, 0.6) is 0 Å². The molecule has 0 spiro atoms. The van der Waals surface area contributed by atoms with Crippen LogP contribution in [-0.2, 0) is 9.54 Å². The van der Waals surface area contributed by atoms with Crippen molar-refractivity contribution in [3.05, 3.63) is 35.4 Å². The van der Waals surface area contributed by atoms with Gasteiger partial charge in [-0.1, -0.05) is 29.8 Å². The van der Waals surface area contributed by atoms with Crippen molar-refractivity contribution < 1.29 is 15.0 Å². The summed E-state index contributed by atoms with van der Waals surface area (Å²) in [4.78, 5) is 11.3. The molecule has 0 aliphatic rings. The molecule has 0 fully saturated rings. The number of carboxylic acids is 1. The molecule has 0 aliphatic heterocycles. The van der Waals surface area contributed by atoms with Crippen LogP contribution in [-0.4, -0.2) is 28.5 Å². The zero-order valence-electron chi connectivity index (χ0n) is 9.43. The van der Waals surface area contributed by atoms with E-state index in [0.29, 0.717) is 5.75 Å². The molecule has 0 saturated heterocycles. The molecule has 1 unspecified atom stereocenters. The summed E-state index contributed by atoms with van der Waals surface area (Å²) in [6.45, 7) is 3.61. The first-order valence-corrected chi connectivity index (χ1v) is 6.04. The molecule has 1 aromatic rings. The third kappa shape index (κ3) is 2.77. The molecular weight excluding hydrogens is 224 g/mol. The molecule has 0 aliphatic carbocycles. The van der Waals surface area contributed by atoms with Crippen molar-refractivity contribution in [2.45, 2.75) is 18.6 Å². The highest BCUT2D eigenvalue weighted by Crippen LogP contribution is 2.36. The first kappa shape index (κ1) is 13.1. The normalized spacial score (nSPS) is 14.4. The van der Waals surface area contributed by atoms with Gasteiger partial charge in [-0.25, -0.2) is 0 Å². The minimum Gasteiger partial charge on any atom is -0.480 e. The standard InChI is InChI=1S/C12H16O3S/c1-9-3-5-10(6-4-9)12(2,11(14)15)16-8-7-13/h3-6,13H,7-8H2,1-2H3,(H,14,15). The Hall–Kier alpha value is -1.00. The van der Waals surface area contributed by atoms with Gasteiger partial charge in [0.05, 0.1) is 6.61 Å². The summed E-state index contributed by atoms with van der Waals surface area (Å²) in [5, 5.41) is 18.1.